The number of ether oxygens (including phenoxy) is 1. The van der Waals surface area contributed by atoms with Crippen molar-refractivity contribution in [3.8, 4) is 5.75 Å². The van der Waals surface area contributed by atoms with Crippen LogP contribution in [0.25, 0.3) is 0 Å². The highest BCUT2D eigenvalue weighted by molar-refractivity contribution is 7.65. The average molecular weight is 372 g/mol. The van der Waals surface area contributed by atoms with Crippen LogP contribution >= 0.6 is 33.2 Å². The lowest BCUT2D eigenvalue weighted by Gasteiger charge is -2.38. The highest BCUT2D eigenvalue weighted by Crippen LogP contribution is 2.42. The van der Waals surface area contributed by atoms with Gasteiger partial charge < -0.3 is 9.16 Å². The Hall–Kier alpha value is 0.284. The van der Waals surface area contributed by atoms with Gasteiger partial charge in [0.25, 0.3) is 8.32 Å². The van der Waals surface area contributed by atoms with E-state index in [4.69, 9.17) is 42.4 Å². The van der Waals surface area contributed by atoms with Gasteiger partial charge in [0.1, 0.15) is 5.75 Å². The van der Waals surface area contributed by atoms with Crippen molar-refractivity contribution in [2.24, 2.45) is 0 Å². The van der Waals surface area contributed by atoms with Crippen molar-refractivity contribution in [2.45, 2.75) is 37.7 Å². The number of halogens is 3. The molecular weight excluding hydrogens is 351 g/mol. The van der Waals surface area contributed by atoms with E-state index in [1.807, 2.05) is 37.3 Å². The molecule has 0 saturated heterocycles. The summed E-state index contributed by atoms with van der Waals surface area (Å²) in [7, 11) is -0.540. The number of rotatable bonds is 7. The van der Waals surface area contributed by atoms with Crippen molar-refractivity contribution >= 4 is 47.6 Å². The molecule has 0 saturated carbocycles. The van der Waals surface area contributed by atoms with Gasteiger partial charge in [-0.2, -0.15) is 0 Å². The molecule has 2 unspecified atom stereocenters. The maximum atomic E-state index is 6.24. The minimum Gasteiger partial charge on any atom is -0.541 e. The van der Waals surface area contributed by atoms with Crippen LogP contribution in [0.15, 0.2) is 30.3 Å². The fraction of sp³-hybridized carbons (Fsp3) is 0.538. The van der Waals surface area contributed by atoms with Crippen LogP contribution < -0.4 is 4.43 Å². The molecule has 0 aromatic heterocycles. The lowest BCUT2D eigenvalue weighted by Crippen LogP contribution is -2.54. The Morgan fingerprint density at radius 1 is 1.10 bits per heavy atom. The molecule has 1 aromatic carbocycles. The minimum absolute atomic E-state index is 0.0668. The van der Waals surface area contributed by atoms with Gasteiger partial charge in [0.2, 0.25) is 0 Å². The lowest BCUT2D eigenvalue weighted by molar-refractivity contribution is 0.137. The molecular formula is C13H21Cl3O2Si2. The van der Waals surface area contributed by atoms with Gasteiger partial charge in [0, 0.05) is 12.7 Å². The van der Waals surface area contributed by atoms with Crippen LogP contribution in [0.4, 0.5) is 0 Å². The van der Waals surface area contributed by atoms with Gasteiger partial charge in [-0.15, -0.1) is 33.2 Å². The molecule has 1 aromatic rings. The monoisotopic (exact) mass is 370 g/mol. The van der Waals surface area contributed by atoms with Gasteiger partial charge >= 0.3 is 6.00 Å². The van der Waals surface area contributed by atoms with Gasteiger partial charge in [-0.25, -0.2) is 0 Å². The number of hydrogen-bond donors (Lipinski definition) is 0. The summed E-state index contributed by atoms with van der Waals surface area (Å²) in [5, 5.41) is 0. The molecule has 0 aliphatic carbocycles. The van der Waals surface area contributed by atoms with Crippen molar-refractivity contribution in [3.63, 3.8) is 0 Å². The first-order valence-electron chi connectivity index (χ1n) is 6.56. The van der Waals surface area contributed by atoms with E-state index in [0.29, 0.717) is 0 Å². The maximum absolute atomic E-state index is 6.24. The summed E-state index contributed by atoms with van der Waals surface area (Å²) in [6, 6.07) is 6.88. The summed E-state index contributed by atoms with van der Waals surface area (Å²) >= 11 is 18.7. The largest absolute Gasteiger partial charge is 0.541 e. The SMILES string of the molecule is CCC(C(OC)[Si](C)(C)Oc1ccccc1)[Si](Cl)(Cl)Cl. The topological polar surface area (TPSA) is 18.5 Å². The Labute approximate surface area is 137 Å². The van der Waals surface area contributed by atoms with Crippen LogP contribution in [0.3, 0.4) is 0 Å². The van der Waals surface area contributed by atoms with Gasteiger partial charge in [-0.05, 0) is 25.2 Å². The highest BCUT2D eigenvalue weighted by Gasteiger charge is 2.50. The Balaban J connectivity index is 2.96. The predicted octanol–water partition coefficient (Wildman–Crippen LogP) is 5.26. The molecule has 2 atom stereocenters. The van der Waals surface area contributed by atoms with Crippen molar-refractivity contribution in [2.75, 3.05) is 7.11 Å². The zero-order chi connectivity index (χ0) is 15.4. The van der Waals surface area contributed by atoms with Crippen LogP contribution in [0.1, 0.15) is 13.3 Å². The molecule has 0 amide bonds. The Morgan fingerprint density at radius 2 is 1.65 bits per heavy atom. The van der Waals surface area contributed by atoms with Gasteiger partial charge in [-0.3, -0.25) is 0 Å². The number of para-hydroxylation sites is 1. The molecule has 0 radical (unpaired) electrons. The van der Waals surface area contributed by atoms with E-state index in [2.05, 4.69) is 13.1 Å². The molecule has 0 aliphatic rings. The molecule has 2 nitrogen and oxygen atoms in total. The first-order valence-corrected chi connectivity index (χ1v) is 14.7. The molecule has 1 rings (SSSR count). The fourth-order valence-electron chi connectivity index (χ4n) is 2.40. The standard InChI is InChI=1S/C13H21Cl3O2Si2/c1-5-12(20(14,15)16)13(17-2)19(3,4)18-11-9-7-6-8-10-11/h6-10,12-13H,5H2,1-4H3. The molecule has 114 valence electrons. The Bertz CT molecular complexity index is 410. The number of hydrogen-bond acceptors (Lipinski definition) is 2. The Morgan fingerprint density at radius 3 is 2.05 bits per heavy atom. The van der Waals surface area contributed by atoms with Crippen molar-refractivity contribution in [1.82, 2.24) is 0 Å². The van der Waals surface area contributed by atoms with Crippen molar-refractivity contribution in [1.29, 1.82) is 0 Å². The van der Waals surface area contributed by atoms with Crippen LogP contribution in [-0.4, -0.2) is 27.2 Å². The molecule has 7 heteroatoms. The summed E-state index contributed by atoms with van der Waals surface area (Å²) in [5.41, 5.74) is -0.213. The quantitative estimate of drug-likeness (QED) is 0.480. The molecule has 0 N–H and O–H groups in total. The molecule has 20 heavy (non-hydrogen) atoms. The van der Waals surface area contributed by atoms with Crippen molar-refractivity contribution < 1.29 is 9.16 Å². The van der Waals surface area contributed by atoms with E-state index in [0.717, 1.165) is 12.2 Å². The average Bonchev–Trinajstić information content (AvgIpc) is 2.34. The van der Waals surface area contributed by atoms with Gasteiger partial charge in [-0.1, -0.05) is 31.5 Å². The molecule has 0 heterocycles. The second kappa shape index (κ2) is 7.52. The van der Waals surface area contributed by atoms with Gasteiger partial charge in [0.05, 0.1) is 5.73 Å². The maximum Gasteiger partial charge on any atom is 0.346 e. The highest BCUT2D eigenvalue weighted by atomic mass is 35.8. The van der Waals surface area contributed by atoms with Crippen LogP contribution in [-0.2, 0) is 4.74 Å². The van der Waals surface area contributed by atoms with Crippen molar-refractivity contribution in [3.05, 3.63) is 30.3 Å². The van der Waals surface area contributed by atoms with E-state index >= 15 is 0 Å². The summed E-state index contributed by atoms with van der Waals surface area (Å²) in [5.74, 6) is 0.840. The van der Waals surface area contributed by atoms with Gasteiger partial charge in [0.15, 0.2) is 0 Å². The first kappa shape index (κ1) is 18.3. The summed E-state index contributed by atoms with van der Waals surface area (Å²) in [4.78, 5) is 0. The van der Waals surface area contributed by atoms with Crippen LogP contribution in [0, 0.1) is 0 Å². The van der Waals surface area contributed by atoms with E-state index in [1.165, 1.54) is 0 Å². The minimum atomic E-state index is -2.85. The number of benzene rings is 1. The predicted molar refractivity (Wildman–Crippen MR) is 92.7 cm³/mol. The smallest absolute Gasteiger partial charge is 0.346 e. The van der Waals surface area contributed by atoms with Crippen LogP contribution in [0.2, 0.25) is 18.6 Å². The molecule has 0 bridgehead atoms. The molecule has 0 aliphatic heterocycles. The summed E-state index contributed by atoms with van der Waals surface area (Å²) in [6.07, 6.45) is 0.774. The summed E-state index contributed by atoms with van der Waals surface area (Å²) < 4.78 is 11.9. The normalized spacial score (nSPS) is 15.8. The van der Waals surface area contributed by atoms with E-state index < -0.39 is 14.3 Å². The molecule has 0 fully saturated rings. The number of methoxy groups -OCH3 is 1. The van der Waals surface area contributed by atoms with E-state index in [9.17, 15) is 0 Å². The zero-order valence-corrected chi connectivity index (χ0v) is 16.5. The molecule has 0 spiro atoms. The lowest BCUT2D eigenvalue weighted by atomic mass is 10.3. The zero-order valence-electron chi connectivity index (χ0n) is 12.2. The first-order chi connectivity index (χ1) is 9.22. The fourth-order valence-corrected chi connectivity index (χ4v) is 11.3. The van der Waals surface area contributed by atoms with E-state index in [-0.39, 0.29) is 11.3 Å². The third-order valence-electron chi connectivity index (χ3n) is 3.29. The second-order valence-corrected chi connectivity index (χ2v) is 18.1. The third kappa shape index (κ3) is 4.93. The summed E-state index contributed by atoms with van der Waals surface area (Å²) in [6.45, 7) is 6.22. The Kier molecular flexibility index (Phi) is 6.89. The third-order valence-corrected chi connectivity index (χ3v) is 10.5. The van der Waals surface area contributed by atoms with Crippen LogP contribution in [0.5, 0.6) is 5.75 Å². The second-order valence-electron chi connectivity index (χ2n) is 5.23. The van der Waals surface area contributed by atoms with E-state index in [1.54, 1.807) is 7.11 Å².